The van der Waals surface area contributed by atoms with Crippen molar-refractivity contribution < 1.29 is 15.0 Å². The Morgan fingerprint density at radius 3 is 2.44 bits per heavy atom. The molecule has 3 aromatic carbocycles. The van der Waals surface area contributed by atoms with E-state index in [1.165, 1.54) is 0 Å². The first kappa shape index (κ1) is 18.9. The van der Waals surface area contributed by atoms with Crippen LogP contribution in [0, 0.1) is 0 Å². The maximum atomic E-state index is 11.6. The topological polar surface area (TPSA) is 57.5 Å². The second-order valence-electron chi connectivity index (χ2n) is 6.80. The number of carboxylic acids is 1. The SMILES string of the molecule is CC(=CCC(O)CCc1c(C(=O)O)ccc2ccccc12)c1ccccc1. The number of fused-ring (bicyclic) bond motifs is 1. The predicted molar refractivity (Wildman–Crippen MR) is 110 cm³/mol. The van der Waals surface area contributed by atoms with Crippen molar-refractivity contribution in [3.05, 3.63) is 89.5 Å². The average molecular weight is 360 g/mol. The molecule has 1 atom stereocenters. The van der Waals surface area contributed by atoms with Gasteiger partial charge in [-0.3, -0.25) is 0 Å². The number of carboxylic acid groups (broad SMARTS) is 1. The number of rotatable bonds is 7. The van der Waals surface area contributed by atoms with E-state index in [-0.39, 0.29) is 0 Å². The zero-order valence-corrected chi connectivity index (χ0v) is 15.4. The van der Waals surface area contributed by atoms with Gasteiger partial charge in [0.1, 0.15) is 0 Å². The van der Waals surface area contributed by atoms with Crippen LogP contribution in [-0.2, 0) is 6.42 Å². The number of aromatic carboxylic acids is 1. The van der Waals surface area contributed by atoms with Crippen molar-refractivity contribution in [2.45, 2.75) is 32.3 Å². The Morgan fingerprint density at radius 1 is 1.00 bits per heavy atom. The third kappa shape index (κ3) is 4.63. The minimum atomic E-state index is -0.926. The molecule has 0 aliphatic carbocycles. The molecule has 0 heterocycles. The summed E-state index contributed by atoms with van der Waals surface area (Å²) in [6.07, 6.45) is 3.13. The monoisotopic (exact) mass is 360 g/mol. The lowest BCUT2D eigenvalue weighted by Crippen LogP contribution is -2.10. The van der Waals surface area contributed by atoms with E-state index in [2.05, 4.69) is 0 Å². The summed E-state index contributed by atoms with van der Waals surface area (Å²) in [7, 11) is 0. The molecule has 3 nitrogen and oxygen atoms in total. The normalized spacial score (nSPS) is 12.9. The molecule has 3 heteroatoms. The number of hydrogen-bond donors (Lipinski definition) is 2. The van der Waals surface area contributed by atoms with Crippen LogP contribution in [-0.4, -0.2) is 22.3 Å². The summed E-state index contributed by atoms with van der Waals surface area (Å²) in [5, 5.41) is 21.9. The highest BCUT2D eigenvalue weighted by Gasteiger charge is 2.14. The molecule has 138 valence electrons. The third-order valence-corrected chi connectivity index (χ3v) is 4.92. The Labute approximate surface area is 159 Å². The maximum Gasteiger partial charge on any atom is 0.335 e. The van der Waals surface area contributed by atoms with Crippen LogP contribution in [0.15, 0.2) is 72.8 Å². The van der Waals surface area contributed by atoms with E-state index in [0.29, 0.717) is 24.8 Å². The number of allylic oxidation sites excluding steroid dienone is 1. The van der Waals surface area contributed by atoms with Crippen molar-refractivity contribution in [1.82, 2.24) is 0 Å². The predicted octanol–water partition coefficient (Wildman–Crippen LogP) is 5.33. The van der Waals surface area contributed by atoms with E-state index in [0.717, 1.165) is 27.5 Å². The molecule has 0 saturated carbocycles. The van der Waals surface area contributed by atoms with Gasteiger partial charge in [0.15, 0.2) is 0 Å². The highest BCUT2D eigenvalue weighted by molar-refractivity contribution is 5.97. The number of aliphatic hydroxyl groups excluding tert-OH is 1. The molecule has 0 aliphatic rings. The van der Waals surface area contributed by atoms with Crippen LogP contribution in [0.5, 0.6) is 0 Å². The van der Waals surface area contributed by atoms with Gasteiger partial charge < -0.3 is 10.2 Å². The summed E-state index contributed by atoms with van der Waals surface area (Å²) >= 11 is 0. The molecule has 0 amide bonds. The minimum absolute atomic E-state index is 0.317. The fourth-order valence-electron chi connectivity index (χ4n) is 3.37. The Balaban J connectivity index is 1.72. The second kappa shape index (κ2) is 8.65. The zero-order chi connectivity index (χ0) is 19.2. The van der Waals surface area contributed by atoms with Crippen LogP contribution >= 0.6 is 0 Å². The Hall–Kier alpha value is -2.91. The van der Waals surface area contributed by atoms with Gasteiger partial charge in [0.2, 0.25) is 0 Å². The quantitative estimate of drug-likeness (QED) is 0.599. The number of hydrogen-bond acceptors (Lipinski definition) is 2. The van der Waals surface area contributed by atoms with Gasteiger partial charge in [0.25, 0.3) is 0 Å². The van der Waals surface area contributed by atoms with Gasteiger partial charge in [-0.05, 0) is 59.7 Å². The Kier molecular flexibility index (Phi) is 6.05. The smallest absolute Gasteiger partial charge is 0.335 e. The standard InChI is InChI=1S/C24H24O3/c1-17(18-7-3-2-4-8-18)11-13-20(25)14-16-22-21-10-6-5-9-19(21)12-15-23(22)24(26)27/h2-12,15,20,25H,13-14,16H2,1H3,(H,26,27). The summed E-state index contributed by atoms with van der Waals surface area (Å²) in [5.74, 6) is -0.926. The van der Waals surface area contributed by atoms with E-state index >= 15 is 0 Å². The zero-order valence-electron chi connectivity index (χ0n) is 15.4. The first-order valence-corrected chi connectivity index (χ1v) is 9.20. The first-order valence-electron chi connectivity index (χ1n) is 9.20. The van der Waals surface area contributed by atoms with Crippen molar-refractivity contribution in [3.63, 3.8) is 0 Å². The molecule has 0 aliphatic heterocycles. The molecule has 1 unspecified atom stereocenters. The Bertz CT molecular complexity index is 958. The summed E-state index contributed by atoms with van der Waals surface area (Å²) < 4.78 is 0. The lowest BCUT2D eigenvalue weighted by molar-refractivity contribution is 0.0695. The van der Waals surface area contributed by atoms with Gasteiger partial charge in [-0.15, -0.1) is 0 Å². The molecule has 0 fully saturated rings. The summed E-state index contributed by atoms with van der Waals surface area (Å²) in [6.45, 7) is 2.04. The molecule has 0 spiro atoms. The van der Waals surface area contributed by atoms with Gasteiger partial charge in [0.05, 0.1) is 11.7 Å². The van der Waals surface area contributed by atoms with E-state index in [4.69, 9.17) is 0 Å². The van der Waals surface area contributed by atoms with Gasteiger partial charge in [-0.2, -0.15) is 0 Å². The van der Waals surface area contributed by atoms with Crippen molar-refractivity contribution in [2.24, 2.45) is 0 Å². The van der Waals surface area contributed by atoms with Gasteiger partial charge in [0, 0.05) is 0 Å². The highest BCUT2D eigenvalue weighted by Crippen LogP contribution is 2.25. The van der Waals surface area contributed by atoms with Crippen LogP contribution in [0.3, 0.4) is 0 Å². The molecular weight excluding hydrogens is 336 g/mol. The van der Waals surface area contributed by atoms with Crippen LogP contribution in [0.25, 0.3) is 16.3 Å². The average Bonchev–Trinajstić information content (AvgIpc) is 2.70. The van der Waals surface area contributed by atoms with Crippen LogP contribution in [0.2, 0.25) is 0 Å². The third-order valence-electron chi connectivity index (χ3n) is 4.92. The van der Waals surface area contributed by atoms with E-state index < -0.39 is 12.1 Å². The molecule has 0 saturated heterocycles. The van der Waals surface area contributed by atoms with Crippen LogP contribution < -0.4 is 0 Å². The van der Waals surface area contributed by atoms with Crippen LogP contribution in [0.4, 0.5) is 0 Å². The molecule has 2 N–H and O–H groups in total. The number of aryl methyl sites for hydroxylation is 1. The van der Waals surface area contributed by atoms with Crippen molar-refractivity contribution >= 4 is 22.3 Å². The summed E-state index contributed by atoms with van der Waals surface area (Å²) in [4.78, 5) is 11.6. The van der Waals surface area contributed by atoms with E-state index in [1.54, 1.807) is 6.07 Å². The Morgan fingerprint density at radius 2 is 1.70 bits per heavy atom. The summed E-state index contributed by atoms with van der Waals surface area (Å²) in [6, 6.07) is 21.4. The fourth-order valence-corrected chi connectivity index (χ4v) is 3.37. The lowest BCUT2D eigenvalue weighted by Gasteiger charge is -2.13. The molecule has 0 aromatic heterocycles. The lowest BCUT2D eigenvalue weighted by atomic mass is 9.93. The van der Waals surface area contributed by atoms with Gasteiger partial charge in [-0.1, -0.05) is 66.7 Å². The number of aliphatic hydroxyl groups is 1. The van der Waals surface area contributed by atoms with Gasteiger partial charge >= 0.3 is 5.97 Å². The highest BCUT2D eigenvalue weighted by atomic mass is 16.4. The summed E-state index contributed by atoms with van der Waals surface area (Å²) in [5.41, 5.74) is 3.39. The van der Waals surface area contributed by atoms with Crippen LogP contribution in [0.1, 0.15) is 41.3 Å². The molecule has 27 heavy (non-hydrogen) atoms. The van der Waals surface area contributed by atoms with E-state index in [9.17, 15) is 15.0 Å². The van der Waals surface area contributed by atoms with E-state index in [1.807, 2.05) is 73.7 Å². The molecule has 3 rings (SSSR count). The van der Waals surface area contributed by atoms with Crippen molar-refractivity contribution in [1.29, 1.82) is 0 Å². The molecule has 3 aromatic rings. The van der Waals surface area contributed by atoms with Gasteiger partial charge in [-0.25, -0.2) is 4.79 Å². The number of benzene rings is 3. The molecule has 0 bridgehead atoms. The maximum absolute atomic E-state index is 11.6. The largest absolute Gasteiger partial charge is 0.478 e. The minimum Gasteiger partial charge on any atom is -0.478 e. The first-order chi connectivity index (χ1) is 13.1. The molecular formula is C24H24O3. The second-order valence-corrected chi connectivity index (χ2v) is 6.80. The van der Waals surface area contributed by atoms with Crippen molar-refractivity contribution in [3.8, 4) is 0 Å². The van der Waals surface area contributed by atoms with Crippen molar-refractivity contribution in [2.75, 3.05) is 0 Å². The number of carbonyl (C=O) groups is 1. The fraction of sp³-hybridized carbons (Fsp3) is 0.208. The molecule has 0 radical (unpaired) electrons.